The van der Waals surface area contributed by atoms with Crippen LogP contribution in [0.2, 0.25) is 0 Å². The lowest BCUT2D eigenvalue weighted by molar-refractivity contribution is 0.102. The molecule has 0 atom stereocenters. The Morgan fingerprint density at radius 3 is 2.40 bits per heavy atom. The number of rotatable bonds is 3. The van der Waals surface area contributed by atoms with E-state index in [1.807, 2.05) is 31.2 Å². The van der Waals surface area contributed by atoms with Gasteiger partial charge in [-0.1, -0.05) is 42.5 Å². The van der Waals surface area contributed by atoms with Crippen LogP contribution in [0.15, 0.2) is 66.7 Å². The van der Waals surface area contributed by atoms with Gasteiger partial charge in [0.15, 0.2) is 0 Å². The first-order chi connectivity index (χ1) is 12.1. The van der Waals surface area contributed by atoms with E-state index in [0.717, 1.165) is 5.56 Å². The van der Waals surface area contributed by atoms with Gasteiger partial charge in [0.1, 0.15) is 5.75 Å². The third kappa shape index (κ3) is 3.36. The van der Waals surface area contributed by atoms with E-state index in [4.69, 9.17) is 0 Å². The molecule has 0 aliphatic heterocycles. The average Bonchev–Trinajstić information content (AvgIpc) is 2.64. The molecule has 0 bridgehead atoms. The second-order valence-electron chi connectivity index (χ2n) is 5.68. The predicted octanol–water partition coefficient (Wildman–Crippen LogP) is 4.49. The molecule has 0 aromatic heterocycles. The first kappa shape index (κ1) is 16.3. The molecule has 0 saturated heterocycles. The van der Waals surface area contributed by atoms with Crippen molar-refractivity contribution in [3.05, 3.63) is 83.4 Å². The summed E-state index contributed by atoms with van der Waals surface area (Å²) in [7, 11) is 0. The third-order valence-electron chi connectivity index (χ3n) is 3.91. The number of nitrogens with one attached hydrogen (secondary N) is 1. The number of carbonyl (C=O) groups excluding carboxylic acids is 1. The number of benzene rings is 3. The Labute approximate surface area is 146 Å². The van der Waals surface area contributed by atoms with Crippen LogP contribution in [0.1, 0.15) is 21.5 Å². The van der Waals surface area contributed by atoms with Crippen molar-refractivity contribution in [1.29, 1.82) is 5.26 Å². The highest BCUT2D eigenvalue weighted by Gasteiger charge is 2.16. The van der Waals surface area contributed by atoms with Gasteiger partial charge in [-0.05, 0) is 42.3 Å². The van der Waals surface area contributed by atoms with Crippen LogP contribution in [0.5, 0.6) is 5.75 Å². The number of hydrogen-bond acceptors (Lipinski definition) is 3. The minimum absolute atomic E-state index is 0.0169. The van der Waals surface area contributed by atoms with Gasteiger partial charge < -0.3 is 10.4 Å². The van der Waals surface area contributed by atoms with Crippen molar-refractivity contribution in [2.75, 3.05) is 5.32 Å². The van der Waals surface area contributed by atoms with Gasteiger partial charge in [0.05, 0.1) is 17.3 Å². The Kier molecular flexibility index (Phi) is 4.49. The molecule has 2 N–H and O–H groups in total. The van der Waals surface area contributed by atoms with Crippen molar-refractivity contribution in [3.8, 4) is 22.9 Å². The van der Waals surface area contributed by atoms with Gasteiger partial charge in [-0.3, -0.25) is 4.79 Å². The minimum Gasteiger partial charge on any atom is -0.506 e. The number of phenols is 1. The molecule has 4 nitrogen and oxygen atoms in total. The third-order valence-corrected chi connectivity index (χ3v) is 3.91. The van der Waals surface area contributed by atoms with Crippen LogP contribution in [0, 0.1) is 18.3 Å². The molecule has 4 heteroatoms. The molecule has 3 rings (SSSR count). The molecule has 0 unspecified atom stereocenters. The van der Waals surface area contributed by atoms with Gasteiger partial charge in [-0.2, -0.15) is 5.26 Å². The summed E-state index contributed by atoms with van der Waals surface area (Å²) >= 11 is 0. The largest absolute Gasteiger partial charge is 0.506 e. The minimum atomic E-state index is -0.345. The molecule has 3 aromatic rings. The molecular formula is C21H16N2O2. The van der Waals surface area contributed by atoms with E-state index < -0.39 is 0 Å². The second-order valence-corrected chi connectivity index (χ2v) is 5.68. The maximum atomic E-state index is 12.7. The molecule has 0 fully saturated rings. The normalized spacial score (nSPS) is 10.1. The summed E-state index contributed by atoms with van der Waals surface area (Å²) in [5.41, 5.74) is 3.55. The maximum Gasteiger partial charge on any atom is 0.256 e. The fraction of sp³-hybridized carbons (Fsp3) is 0.0476. The van der Waals surface area contributed by atoms with Crippen molar-refractivity contribution in [3.63, 3.8) is 0 Å². The van der Waals surface area contributed by atoms with Gasteiger partial charge in [0.2, 0.25) is 0 Å². The fourth-order valence-corrected chi connectivity index (χ4v) is 2.67. The van der Waals surface area contributed by atoms with Crippen molar-refractivity contribution in [1.82, 2.24) is 0 Å². The van der Waals surface area contributed by atoms with E-state index in [1.54, 1.807) is 42.5 Å². The predicted molar refractivity (Wildman–Crippen MR) is 97.4 cm³/mol. The van der Waals surface area contributed by atoms with E-state index in [2.05, 4.69) is 11.4 Å². The summed E-state index contributed by atoms with van der Waals surface area (Å²) < 4.78 is 0. The lowest BCUT2D eigenvalue weighted by atomic mass is 9.95. The summed E-state index contributed by atoms with van der Waals surface area (Å²) in [6.07, 6.45) is 0. The van der Waals surface area contributed by atoms with Crippen molar-refractivity contribution in [2.24, 2.45) is 0 Å². The SMILES string of the molecule is Cc1ccc(NC(=O)c2ccccc2-c2ccccc2C#N)c(O)c1. The summed E-state index contributed by atoms with van der Waals surface area (Å²) in [4.78, 5) is 12.7. The lowest BCUT2D eigenvalue weighted by Crippen LogP contribution is -2.13. The summed E-state index contributed by atoms with van der Waals surface area (Å²) in [6, 6.07) is 21.5. The molecule has 0 aliphatic carbocycles. The molecule has 0 aliphatic rings. The summed E-state index contributed by atoms with van der Waals surface area (Å²) in [5.74, 6) is -0.328. The lowest BCUT2D eigenvalue weighted by Gasteiger charge is -2.12. The van der Waals surface area contributed by atoms with E-state index in [9.17, 15) is 15.2 Å². The topological polar surface area (TPSA) is 73.1 Å². The Hall–Kier alpha value is -3.58. The summed E-state index contributed by atoms with van der Waals surface area (Å²) in [5, 5.41) is 22.1. The van der Waals surface area contributed by atoms with Crippen LogP contribution in [-0.4, -0.2) is 11.0 Å². The second kappa shape index (κ2) is 6.90. The number of nitriles is 1. The molecule has 0 heterocycles. The first-order valence-electron chi connectivity index (χ1n) is 7.79. The zero-order chi connectivity index (χ0) is 17.8. The molecule has 25 heavy (non-hydrogen) atoms. The van der Waals surface area contributed by atoms with E-state index in [1.165, 1.54) is 0 Å². The number of nitrogens with zero attached hydrogens (tertiary/aromatic N) is 1. The highest BCUT2D eigenvalue weighted by Crippen LogP contribution is 2.29. The zero-order valence-electron chi connectivity index (χ0n) is 13.7. The van der Waals surface area contributed by atoms with Gasteiger partial charge in [-0.25, -0.2) is 0 Å². The number of carbonyl (C=O) groups is 1. The quantitative estimate of drug-likeness (QED) is 0.696. The van der Waals surface area contributed by atoms with Crippen LogP contribution in [0.4, 0.5) is 5.69 Å². The number of anilines is 1. The number of hydrogen-bond donors (Lipinski definition) is 2. The molecule has 122 valence electrons. The molecule has 0 spiro atoms. The van der Waals surface area contributed by atoms with Crippen LogP contribution < -0.4 is 5.32 Å². The molecular weight excluding hydrogens is 312 g/mol. The molecule has 0 saturated carbocycles. The van der Waals surface area contributed by atoms with Crippen LogP contribution >= 0.6 is 0 Å². The zero-order valence-corrected chi connectivity index (χ0v) is 13.7. The van der Waals surface area contributed by atoms with E-state index in [0.29, 0.717) is 27.9 Å². The Bertz CT molecular complexity index is 987. The number of amides is 1. The summed E-state index contributed by atoms with van der Waals surface area (Å²) in [6.45, 7) is 1.86. The Morgan fingerprint density at radius 2 is 1.68 bits per heavy atom. The molecule has 3 aromatic carbocycles. The Morgan fingerprint density at radius 1 is 1.00 bits per heavy atom. The average molecular weight is 328 g/mol. The van der Waals surface area contributed by atoms with Crippen molar-refractivity contribution < 1.29 is 9.90 Å². The monoisotopic (exact) mass is 328 g/mol. The van der Waals surface area contributed by atoms with E-state index >= 15 is 0 Å². The van der Waals surface area contributed by atoms with Gasteiger partial charge >= 0.3 is 0 Å². The van der Waals surface area contributed by atoms with Gasteiger partial charge in [0, 0.05) is 11.1 Å². The van der Waals surface area contributed by atoms with E-state index in [-0.39, 0.29) is 11.7 Å². The first-order valence-corrected chi connectivity index (χ1v) is 7.79. The van der Waals surface area contributed by atoms with Gasteiger partial charge in [-0.15, -0.1) is 0 Å². The molecule has 1 amide bonds. The number of aryl methyl sites for hydroxylation is 1. The number of phenolic OH excluding ortho intramolecular Hbond substituents is 1. The highest BCUT2D eigenvalue weighted by atomic mass is 16.3. The van der Waals surface area contributed by atoms with Crippen LogP contribution in [0.25, 0.3) is 11.1 Å². The molecule has 0 radical (unpaired) electrons. The maximum absolute atomic E-state index is 12.7. The highest BCUT2D eigenvalue weighted by molar-refractivity contribution is 6.09. The van der Waals surface area contributed by atoms with Crippen LogP contribution in [-0.2, 0) is 0 Å². The standard InChI is InChI=1S/C21H16N2O2/c1-14-10-11-19(20(24)12-14)23-21(25)18-9-5-4-8-17(18)16-7-3-2-6-15(16)13-22/h2-12,24H,1H3,(H,23,25). The smallest absolute Gasteiger partial charge is 0.256 e. The van der Waals surface area contributed by atoms with Crippen LogP contribution in [0.3, 0.4) is 0 Å². The van der Waals surface area contributed by atoms with Crippen molar-refractivity contribution in [2.45, 2.75) is 6.92 Å². The van der Waals surface area contributed by atoms with Gasteiger partial charge in [0.25, 0.3) is 5.91 Å². The Balaban J connectivity index is 2.01. The number of aromatic hydroxyl groups is 1. The van der Waals surface area contributed by atoms with Crippen molar-refractivity contribution >= 4 is 11.6 Å². The fourth-order valence-electron chi connectivity index (χ4n) is 2.67.